The Hall–Kier alpha value is -0.476. The van der Waals surface area contributed by atoms with Gasteiger partial charge in [-0.1, -0.05) is 46.0 Å². The quantitative estimate of drug-likeness (QED) is 0.138. The number of hydrogen-bond donors (Lipinski definition) is 1. The summed E-state index contributed by atoms with van der Waals surface area (Å²) in [7, 11) is -3.65. The molecule has 7 heteroatoms. The van der Waals surface area contributed by atoms with Crippen LogP contribution in [0.1, 0.15) is 60.3 Å². The first-order chi connectivity index (χ1) is 13.7. The number of carbonyl (C=O) groups is 1. The standard InChI is InChI=1S/C23H48O5Si2/c1-11-23(6,14-12-16-26-17-18-27-21(25)20(2)3)30(9,10)28-22(4,5)29(7,8)19-13-15-24/h24H,2,11-19H2,1,3-10H3. The molecule has 0 radical (unpaired) electrons. The minimum Gasteiger partial charge on any atom is -0.460 e. The van der Waals surface area contributed by atoms with Crippen LogP contribution in [0.2, 0.25) is 37.3 Å². The van der Waals surface area contributed by atoms with Gasteiger partial charge in [0.1, 0.15) is 6.61 Å². The van der Waals surface area contributed by atoms with Gasteiger partial charge in [0.2, 0.25) is 0 Å². The fourth-order valence-corrected chi connectivity index (χ4v) is 10.3. The van der Waals surface area contributed by atoms with Crippen molar-refractivity contribution in [2.45, 2.75) is 103 Å². The molecule has 0 heterocycles. The average molecular weight is 461 g/mol. The van der Waals surface area contributed by atoms with E-state index in [1.807, 2.05) is 0 Å². The molecule has 0 rings (SSSR count). The Morgan fingerprint density at radius 2 is 1.63 bits per heavy atom. The maximum Gasteiger partial charge on any atom is 0.333 e. The highest BCUT2D eigenvalue weighted by Crippen LogP contribution is 2.48. The SMILES string of the molecule is C=C(C)C(=O)OCCOCCCC(C)(CC)[Si](C)(C)OC(C)(C)[Si](C)(C)CCCO. The van der Waals surface area contributed by atoms with Crippen LogP contribution in [-0.4, -0.2) is 59.1 Å². The molecular formula is C23H48O5Si2. The van der Waals surface area contributed by atoms with Crippen molar-refractivity contribution in [2.24, 2.45) is 0 Å². The highest BCUT2D eigenvalue weighted by molar-refractivity contribution is 6.82. The molecule has 1 unspecified atom stereocenters. The Balaban J connectivity index is 4.73. The van der Waals surface area contributed by atoms with Crippen LogP contribution in [0, 0.1) is 0 Å². The molecule has 1 N–H and O–H groups in total. The number of carbonyl (C=O) groups excluding carboxylic acids is 1. The van der Waals surface area contributed by atoms with Crippen LogP contribution < -0.4 is 0 Å². The third-order valence-electron chi connectivity index (χ3n) is 7.16. The fourth-order valence-electron chi connectivity index (χ4n) is 3.61. The molecule has 0 aromatic rings. The predicted octanol–water partition coefficient (Wildman–Crippen LogP) is 5.70. The van der Waals surface area contributed by atoms with E-state index in [2.05, 4.69) is 60.5 Å². The molecule has 30 heavy (non-hydrogen) atoms. The monoisotopic (exact) mass is 460 g/mol. The van der Waals surface area contributed by atoms with Crippen LogP contribution in [0.15, 0.2) is 12.2 Å². The fraction of sp³-hybridized carbons (Fsp3) is 0.870. The van der Waals surface area contributed by atoms with E-state index >= 15 is 0 Å². The lowest BCUT2D eigenvalue weighted by atomic mass is 10.0. The van der Waals surface area contributed by atoms with Gasteiger partial charge in [-0.15, -0.1) is 0 Å². The second-order valence-corrected chi connectivity index (χ2v) is 20.3. The minimum atomic E-state index is -2.01. The molecule has 5 nitrogen and oxygen atoms in total. The summed E-state index contributed by atoms with van der Waals surface area (Å²) in [6, 6.07) is 1.08. The summed E-state index contributed by atoms with van der Waals surface area (Å²) in [4.78, 5) is 11.4. The summed E-state index contributed by atoms with van der Waals surface area (Å²) >= 11 is 0. The number of aliphatic hydroxyl groups is 1. The van der Waals surface area contributed by atoms with Crippen molar-refractivity contribution in [2.75, 3.05) is 26.4 Å². The van der Waals surface area contributed by atoms with Crippen molar-refractivity contribution < 1.29 is 23.8 Å². The van der Waals surface area contributed by atoms with Crippen LogP contribution in [-0.2, 0) is 18.7 Å². The summed E-state index contributed by atoms with van der Waals surface area (Å²) in [5.74, 6) is -0.366. The summed E-state index contributed by atoms with van der Waals surface area (Å²) in [6.45, 7) is 25.4. The molecule has 0 saturated carbocycles. The molecule has 0 aliphatic rings. The van der Waals surface area contributed by atoms with E-state index in [4.69, 9.17) is 13.9 Å². The molecule has 1 atom stereocenters. The molecule has 0 spiro atoms. The summed E-state index contributed by atoms with van der Waals surface area (Å²) in [6.07, 6.45) is 3.96. The third-order valence-corrected chi connectivity index (χ3v) is 16.9. The highest BCUT2D eigenvalue weighted by atomic mass is 28.4. The maximum absolute atomic E-state index is 11.4. The Kier molecular flexibility index (Phi) is 12.3. The lowest BCUT2D eigenvalue weighted by molar-refractivity contribution is -0.140. The number of hydrogen-bond acceptors (Lipinski definition) is 5. The van der Waals surface area contributed by atoms with E-state index < -0.39 is 16.4 Å². The maximum atomic E-state index is 11.4. The van der Waals surface area contributed by atoms with Gasteiger partial charge in [0.05, 0.1) is 14.7 Å². The van der Waals surface area contributed by atoms with Gasteiger partial charge in [-0.25, -0.2) is 4.79 Å². The second-order valence-electron chi connectivity index (χ2n) is 10.4. The van der Waals surface area contributed by atoms with Crippen molar-refractivity contribution in [1.82, 2.24) is 0 Å². The van der Waals surface area contributed by atoms with Gasteiger partial charge in [0, 0.05) is 24.0 Å². The van der Waals surface area contributed by atoms with E-state index in [0.29, 0.717) is 18.8 Å². The zero-order chi connectivity index (χ0) is 23.6. The molecule has 0 aromatic heterocycles. The third kappa shape index (κ3) is 8.95. The van der Waals surface area contributed by atoms with Gasteiger partial charge in [0.25, 0.3) is 0 Å². The smallest absolute Gasteiger partial charge is 0.333 e. The van der Waals surface area contributed by atoms with Crippen LogP contribution in [0.4, 0.5) is 0 Å². The molecule has 0 bridgehead atoms. The zero-order valence-corrected chi connectivity index (χ0v) is 23.2. The lowest BCUT2D eigenvalue weighted by Crippen LogP contribution is -2.59. The summed E-state index contributed by atoms with van der Waals surface area (Å²) < 4.78 is 17.7. The van der Waals surface area contributed by atoms with Crippen molar-refractivity contribution in [3.8, 4) is 0 Å². The predicted molar refractivity (Wildman–Crippen MR) is 131 cm³/mol. The van der Waals surface area contributed by atoms with E-state index in [-0.39, 0.29) is 29.4 Å². The number of esters is 1. The lowest BCUT2D eigenvalue weighted by Gasteiger charge is -2.51. The number of ether oxygens (including phenoxy) is 2. The van der Waals surface area contributed by atoms with Crippen molar-refractivity contribution in [3.63, 3.8) is 0 Å². The van der Waals surface area contributed by atoms with Gasteiger partial charge in [-0.3, -0.25) is 0 Å². The van der Waals surface area contributed by atoms with Gasteiger partial charge >= 0.3 is 5.97 Å². The Morgan fingerprint density at radius 1 is 1.03 bits per heavy atom. The average Bonchev–Trinajstić information content (AvgIpc) is 2.63. The van der Waals surface area contributed by atoms with E-state index in [9.17, 15) is 9.90 Å². The first kappa shape index (κ1) is 29.5. The molecular weight excluding hydrogens is 412 g/mol. The van der Waals surface area contributed by atoms with Crippen LogP contribution in [0.25, 0.3) is 0 Å². The number of rotatable bonds is 16. The summed E-state index contributed by atoms with van der Waals surface area (Å²) in [5.41, 5.74) is 0.409. The van der Waals surface area contributed by atoms with Crippen molar-refractivity contribution in [1.29, 1.82) is 0 Å². The Morgan fingerprint density at radius 3 is 2.13 bits per heavy atom. The molecule has 0 fully saturated rings. The van der Waals surface area contributed by atoms with Gasteiger partial charge in [-0.05, 0) is 58.2 Å². The molecule has 0 amide bonds. The topological polar surface area (TPSA) is 65.0 Å². The zero-order valence-electron chi connectivity index (χ0n) is 21.2. The first-order valence-corrected chi connectivity index (χ1v) is 17.5. The number of aliphatic hydroxyl groups excluding tert-OH is 1. The molecule has 0 aliphatic carbocycles. The Labute approximate surface area is 187 Å². The van der Waals surface area contributed by atoms with Crippen LogP contribution in [0.5, 0.6) is 0 Å². The van der Waals surface area contributed by atoms with Gasteiger partial charge < -0.3 is 19.0 Å². The molecule has 0 aliphatic heterocycles. The van der Waals surface area contributed by atoms with E-state index in [1.54, 1.807) is 6.92 Å². The van der Waals surface area contributed by atoms with E-state index in [1.165, 1.54) is 0 Å². The largest absolute Gasteiger partial charge is 0.460 e. The van der Waals surface area contributed by atoms with Gasteiger partial charge in [0.15, 0.2) is 8.32 Å². The normalized spacial score (nSPS) is 15.0. The second kappa shape index (κ2) is 12.5. The van der Waals surface area contributed by atoms with E-state index in [0.717, 1.165) is 31.7 Å². The Bertz CT molecular complexity index is 546. The molecule has 0 aromatic carbocycles. The molecule has 178 valence electrons. The van der Waals surface area contributed by atoms with Crippen molar-refractivity contribution in [3.05, 3.63) is 12.2 Å². The van der Waals surface area contributed by atoms with Crippen LogP contribution in [0.3, 0.4) is 0 Å². The highest BCUT2D eigenvalue weighted by Gasteiger charge is 2.50. The summed E-state index contributed by atoms with van der Waals surface area (Å²) in [5, 5.41) is 9.30. The molecule has 0 saturated heterocycles. The first-order valence-electron chi connectivity index (χ1n) is 11.4. The van der Waals surface area contributed by atoms with Crippen molar-refractivity contribution >= 4 is 22.4 Å². The van der Waals surface area contributed by atoms with Crippen LogP contribution >= 0.6 is 0 Å². The minimum absolute atomic E-state index is 0.127. The van der Waals surface area contributed by atoms with Gasteiger partial charge in [-0.2, -0.15) is 0 Å².